The van der Waals surface area contributed by atoms with Crippen LogP contribution in [-0.2, 0) is 10.0 Å². The third-order valence-corrected chi connectivity index (χ3v) is 9.38. The zero-order chi connectivity index (χ0) is 28.8. The topological polar surface area (TPSA) is 127 Å². The lowest BCUT2D eigenvalue weighted by atomic mass is 10.00. The number of pyridine rings is 1. The minimum atomic E-state index is -4.17. The van der Waals surface area contributed by atoms with Gasteiger partial charge in [-0.2, -0.15) is 18.1 Å². The first-order chi connectivity index (χ1) is 18.9. The summed E-state index contributed by atoms with van der Waals surface area (Å²) in [5.41, 5.74) is -2.00. The van der Waals surface area contributed by atoms with Gasteiger partial charge >= 0.3 is 6.61 Å². The molecule has 1 saturated heterocycles. The zero-order valence-electron chi connectivity index (χ0n) is 21.4. The summed E-state index contributed by atoms with van der Waals surface area (Å²) >= 11 is 0. The van der Waals surface area contributed by atoms with Gasteiger partial charge in [-0.05, 0) is 57.2 Å². The van der Waals surface area contributed by atoms with Crippen LogP contribution in [0.4, 0.5) is 23.5 Å². The molecule has 2 aliphatic rings. The third kappa shape index (κ3) is 5.37. The van der Waals surface area contributed by atoms with Crippen LogP contribution in [0.2, 0.25) is 0 Å². The number of ether oxygens (including phenoxy) is 1. The van der Waals surface area contributed by atoms with Gasteiger partial charge in [0.05, 0.1) is 11.6 Å². The smallest absolute Gasteiger partial charge is 0.387 e. The number of nitrogens with zero attached hydrogens (tertiary/aromatic N) is 4. The van der Waals surface area contributed by atoms with Gasteiger partial charge in [0.15, 0.2) is 5.75 Å². The van der Waals surface area contributed by atoms with Crippen LogP contribution in [0.5, 0.6) is 5.75 Å². The number of sulfonamides is 1. The van der Waals surface area contributed by atoms with Crippen molar-refractivity contribution in [2.45, 2.75) is 68.2 Å². The highest BCUT2D eigenvalue weighted by Crippen LogP contribution is 2.40. The molecular weight excluding hydrogens is 558 g/mol. The molecule has 0 unspecified atom stereocenters. The molecule has 2 N–H and O–H groups in total. The minimum absolute atomic E-state index is 0.0500. The first-order valence-electron chi connectivity index (χ1n) is 12.7. The van der Waals surface area contributed by atoms with E-state index in [1.165, 1.54) is 10.8 Å². The molecular formula is C25H27F4N5O5S. The van der Waals surface area contributed by atoms with Gasteiger partial charge in [0.1, 0.15) is 22.2 Å². The Morgan fingerprint density at radius 2 is 1.90 bits per heavy atom. The van der Waals surface area contributed by atoms with Gasteiger partial charge in [0, 0.05) is 36.8 Å². The van der Waals surface area contributed by atoms with Gasteiger partial charge in [-0.3, -0.25) is 9.36 Å². The fraction of sp³-hybridized carbons (Fsp3) is 0.480. The molecule has 0 amide bonds. The Morgan fingerprint density at radius 1 is 1.18 bits per heavy atom. The summed E-state index contributed by atoms with van der Waals surface area (Å²) in [5.74, 6) is -2.51. The molecule has 1 aliphatic carbocycles. The van der Waals surface area contributed by atoms with Crippen molar-refractivity contribution >= 4 is 27.0 Å². The molecule has 5 rings (SSSR count). The maximum absolute atomic E-state index is 14.1. The molecule has 15 heteroatoms. The van der Waals surface area contributed by atoms with Crippen LogP contribution >= 0.6 is 0 Å². The summed E-state index contributed by atoms with van der Waals surface area (Å²) in [6.45, 7) is -1.55. The third-order valence-electron chi connectivity index (χ3n) is 7.45. The first-order valence-corrected chi connectivity index (χ1v) is 14.1. The molecule has 1 aromatic carbocycles. The Balaban J connectivity index is 1.39. The number of alkyl halides is 2. The maximum atomic E-state index is 14.1. The van der Waals surface area contributed by atoms with Crippen LogP contribution in [-0.4, -0.2) is 63.7 Å². The van der Waals surface area contributed by atoms with Gasteiger partial charge in [0.25, 0.3) is 5.56 Å². The van der Waals surface area contributed by atoms with Crippen molar-refractivity contribution in [2.75, 3.05) is 18.4 Å². The molecule has 216 valence electrons. The van der Waals surface area contributed by atoms with Gasteiger partial charge in [-0.25, -0.2) is 22.2 Å². The largest absolute Gasteiger partial charge is 0.429 e. The SMILES string of the molecule is C[C@@]1(O)CCC[C@H]1n1c(=O)c(OC(F)F)cc2cnc(NC3CCN(S(=O)(=O)c4ccc(F)cc4F)CC3)nc21. The highest BCUT2D eigenvalue weighted by atomic mass is 32.2. The van der Waals surface area contributed by atoms with Crippen molar-refractivity contribution in [3.8, 4) is 5.75 Å². The Morgan fingerprint density at radius 3 is 2.52 bits per heavy atom. The van der Waals surface area contributed by atoms with Crippen LogP contribution in [0.25, 0.3) is 11.0 Å². The zero-order valence-corrected chi connectivity index (χ0v) is 22.2. The quantitative estimate of drug-likeness (QED) is 0.404. The average molecular weight is 586 g/mol. The summed E-state index contributed by atoms with van der Waals surface area (Å²) in [6, 6.07) is 2.42. The van der Waals surface area contributed by atoms with Crippen molar-refractivity contribution in [1.82, 2.24) is 18.8 Å². The Kier molecular flexibility index (Phi) is 7.48. The molecule has 0 spiro atoms. The number of aromatic nitrogens is 3. The fourth-order valence-electron chi connectivity index (χ4n) is 5.42. The summed E-state index contributed by atoms with van der Waals surface area (Å²) in [7, 11) is -4.17. The van der Waals surface area contributed by atoms with E-state index in [9.17, 15) is 35.9 Å². The molecule has 1 aliphatic heterocycles. The molecule has 10 nitrogen and oxygen atoms in total. The van der Waals surface area contributed by atoms with Gasteiger partial charge in [0.2, 0.25) is 16.0 Å². The van der Waals surface area contributed by atoms with Crippen molar-refractivity contribution in [2.24, 2.45) is 0 Å². The van der Waals surface area contributed by atoms with Gasteiger partial charge in [-0.15, -0.1) is 0 Å². The molecule has 3 heterocycles. The Labute approximate surface area is 226 Å². The number of hydrogen-bond acceptors (Lipinski definition) is 8. The number of rotatable bonds is 7. The number of piperidine rings is 1. The van der Waals surface area contributed by atoms with Crippen molar-refractivity contribution < 1.29 is 35.8 Å². The number of anilines is 1. The highest BCUT2D eigenvalue weighted by Gasteiger charge is 2.40. The number of benzene rings is 1. The highest BCUT2D eigenvalue weighted by molar-refractivity contribution is 7.89. The second kappa shape index (κ2) is 10.6. The Bertz CT molecular complexity index is 1590. The molecule has 3 aromatic rings. The molecule has 2 aromatic heterocycles. The van der Waals surface area contributed by atoms with E-state index in [0.717, 1.165) is 22.5 Å². The van der Waals surface area contributed by atoms with Crippen LogP contribution in [0, 0.1) is 11.6 Å². The summed E-state index contributed by atoms with van der Waals surface area (Å²) in [6.07, 6.45) is 3.42. The van der Waals surface area contributed by atoms with E-state index in [0.29, 0.717) is 38.2 Å². The van der Waals surface area contributed by atoms with Crippen LogP contribution in [0.15, 0.2) is 40.2 Å². The van der Waals surface area contributed by atoms with Gasteiger partial charge < -0.3 is 15.2 Å². The number of hydrogen-bond donors (Lipinski definition) is 2. The minimum Gasteiger partial charge on any atom is -0.429 e. The van der Waals surface area contributed by atoms with Gasteiger partial charge in [-0.1, -0.05) is 0 Å². The van der Waals surface area contributed by atoms with E-state index in [1.807, 2.05) is 0 Å². The summed E-state index contributed by atoms with van der Waals surface area (Å²) in [4.78, 5) is 21.3. The second-order valence-electron chi connectivity index (χ2n) is 10.2. The number of halogens is 4. The van der Waals surface area contributed by atoms with E-state index in [4.69, 9.17) is 0 Å². The predicted octanol–water partition coefficient (Wildman–Crippen LogP) is 3.41. The maximum Gasteiger partial charge on any atom is 0.387 e. The van der Waals surface area contributed by atoms with E-state index in [-0.39, 0.29) is 36.1 Å². The van der Waals surface area contributed by atoms with Crippen LogP contribution in [0.3, 0.4) is 0 Å². The first kappa shape index (κ1) is 28.2. The lowest BCUT2D eigenvalue weighted by Gasteiger charge is -2.32. The van der Waals surface area contributed by atoms with E-state index in [1.54, 1.807) is 6.92 Å². The van der Waals surface area contributed by atoms with Crippen molar-refractivity contribution in [3.63, 3.8) is 0 Å². The standard InChI is InChI=1S/C25H27F4N5O5S/c1-25(36)8-2-3-20(25)34-21-14(11-18(22(34)35)39-23(28)29)13-30-24(32-21)31-16-6-9-33(10-7-16)40(37,38)19-5-4-15(26)12-17(19)27/h4-5,11-13,16,20,23,36H,2-3,6-10H2,1H3,(H,30,31,32)/t20-,25-/m1/s1. The summed E-state index contributed by atoms with van der Waals surface area (Å²) in [5, 5.41) is 14.3. The van der Waals surface area contributed by atoms with Crippen molar-refractivity contribution in [1.29, 1.82) is 0 Å². The molecule has 40 heavy (non-hydrogen) atoms. The monoisotopic (exact) mass is 585 g/mol. The Hall–Kier alpha value is -3.30. The fourth-order valence-corrected chi connectivity index (χ4v) is 6.93. The molecule has 1 saturated carbocycles. The van der Waals surface area contributed by atoms with E-state index in [2.05, 4.69) is 20.0 Å². The second-order valence-corrected chi connectivity index (χ2v) is 12.1. The van der Waals surface area contributed by atoms with Crippen LogP contribution < -0.4 is 15.6 Å². The lowest BCUT2D eigenvalue weighted by Crippen LogP contribution is -2.42. The normalized spacial score (nSPS) is 22.7. The van der Waals surface area contributed by atoms with E-state index < -0.39 is 56.1 Å². The van der Waals surface area contributed by atoms with Crippen molar-refractivity contribution in [3.05, 3.63) is 52.5 Å². The molecule has 2 atom stereocenters. The molecule has 0 radical (unpaired) electrons. The number of fused-ring (bicyclic) bond motifs is 1. The summed E-state index contributed by atoms with van der Waals surface area (Å²) < 4.78 is 85.9. The predicted molar refractivity (Wildman–Crippen MR) is 136 cm³/mol. The average Bonchev–Trinajstić information content (AvgIpc) is 3.23. The van der Waals surface area contributed by atoms with Crippen LogP contribution in [0.1, 0.15) is 45.1 Å². The van der Waals surface area contributed by atoms with E-state index >= 15 is 0 Å². The number of nitrogens with one attached hydrogen (secondary N) is 1. The number of aliphatic hydroxyl groups is 1. The lowest BCUT2D eigenvalue weighted by molar-refractivity contribution is -0.0513. The molecule has 2 fully saturated rings. The molecule has 0 bridgehead atoms.